The molecule has 1 N–H and O–H groups in total. The normalized spacial score (nSPS) is 14.4. The van der Waals surface area contributed by atoms with Crippen molar-refractivity contribution in [2.75, 3.05) is 10.8 Å². The lowest BCUT2D eigenvalue weighted by molar-refractivity contribution is -0.139. The Morgan fingerprint density at radius 1 is 0.952 bits per heavy atom. The van der Waals surface area contributed by atoms with E-state index in [9.17, 15) is 18.0 Å². The number of amides is 2. The zero-order chi connectivity index (χ0) is 30.4. The number of carbonyl (C=O) groups excluding carboxylic acids is 2. The molecule has 0 aliphatic heterocycles. The molecule has 1 fully saturated rings. The second-order valence-corrected chi connectivity index (χ2v) is 13.4. The van der Waals surface area contributed by atoms with Gasteiger partial charge in [-0.15, -0.1) is 0 Å². The largest absolute Gasteiger partial charge is 0.352 e. The molecular formula is C32H37Cl2N3O4S. The summed E-state index contributed by atoms with van der Waals surface area (Å²) in [6.07, 6.45) is 4.42. The molecule has 2 amide bonds. The number of para-hydroxylation sites is 1. The third kappa shape index (κ3) is 7.28. The summed E-state index contributed by atoms with van der Waals surface area (Å²) in [6, 6.07) is 17.8. The van der Waals surface area contributed by atoms with Gasteiger partial charge in [0.15, 0.2) is 0 Å². The van der Waals surface area contributed by atoms with Crippen LogP contribution in [0.5, 0.6) is 0 Å². The number of halogens is 2. The third-order valence-corrected chi connectivity index (χ3v) is 10.3. The van der Waals surface area contributed by atoms with E-state index < -0.39 is 28.5 Å². The first-order chi connectivity index (χ1) is 20.0. The Morgan fingerprint density at radius 3 is 2.19 bits per heavy atom. The Labute approximate surface area is 258 Å². The first kappa shape index (κ1) is 31.9. The van der Waals surface area contributed by atoms with Crippen LogP contribution in [0, 0.1) is 6.92 Å². The Bertz CT molecular complexity index is 1500. The maximum absolute atomic E-state index is 14.2. The first-order valence-electron chi connectivity index (χ1n) is 14.2. The van der Waals surface area contributed by atoms with Crippen LogP contribution in [0.15, 0.2) is 71.6 Å². The highest BCUT2D eigenvalue weighted by atomic mass is 35.5. The number of rotatable bonds is 11. The van der Waals surface area contributed by atoms with Crippen LogP contribution in [0.4, 0.5) is 5.69 Å². The molecule has 4 rings (SSSR count). The van der Waals surface area contributed by atoms with E-state index in [1.54, 1.807) is 49.4 Å². The fourth-order valence-corrected chi connectivity index (χ4v) is 7.20. The van der Waals surface area contributed by atoms with E-state index in [4.69, 9.17) is 23.2 Å². The van der Waals surface area contributed by atoms with Gasteiger partial charge in [-0.05, 0) is 69.0 Å². The Balaban J connectivity index is 1.74. The fraction of sp³-hybridized carbons (Fsp3) is 0.375. The molecule has 0 saturated heterocycles. The summed E-state index contributed by atoms with van der Waals surface area (Å²) >= 11 is 13.0. The van der Waals surface area contributed by atoms with Crippen molar-refractivity contribution in [2.45, 2.75) is 76.4 Å². The van der Waals surface area contributed by atoms with Gasteiger partial charge in [0, 0.05) is 28.2 Å². The van der Waals surface area contributed by atoms with Crippen LogP contribution in [-0.2, 0) is 32.6 Å². The number of benzene rings is 3. The van der Waals surface area contributed by atoms with Gasteiger partial charge in [0.25, 0.3) is 10.0 Å². The third-order valence-electron chi connectivity index (χ3n) is 7.79. The molecule has 0 aromatic heterocycles. The lowest BCUT2D eigenvalue weighted by Gasteiger charge is -2.33. The standard InChI is InChI=1S/C32H37Cl2N3O4S/c1-4-24-10-5-8-15-30(24)37(42(40,41)26-18-16-22(2)17-19-26)21-31(38)36(20-27-28(33)13-9-14-29(27)34)23(3)32(39)35-25-11-6-7-12-25/h5,8-10,13-19,23,25H,4,6-7,11-12,20-21H2,1-3H3,(H,35,39)/t23-/m1/s1. The number of carbonyl (C=O) groups is 2. The summed E-state index contributed by atoms with van der Waals surface area (Å²) in [5.74, 6) is -0.859. The molecule has 1 saturated carbocycles. The average Bonchev–Trinajstić information content (AvgIpc) is 3.48. The number of sulfonamides is 1. The summed E-state index contributed by atoms with van der Waals surface area (Å²) in [4.78, 5) is 29.1. The molecule has 0 heterocycles. The Kier molecular flexibility index (Phi) is 10.6. The van der Waals surface area contributed by atoms with Gasteiger partial charge in [-0.25, -0.2) is 8.42 Å². The molecule has 1 aliphatic rings. The lowest BCUT2D eigenvalue weighted by atomic mass is 10.1. The lowest BCUT2D eigenvalue weighted by Crippen LogP contribution is -2.52. The number of nitrogens with one attached hydrogen (secondary N) is 1. The number of hydrogen-bond donors (Lipinski definition) is 1. The molecular weight excluding hydrogens is 593 g/mol. The molecule has 1 aliphatic carbocycles. The maximum Gasteiger partial charge on any atom is 0.264 e. The second-order valence-electron chi connectivity index (χ2n) is 10.7. The van der Waals surface area contributed by atoms with Crippen LogP contribution in [0.3, 0.4) is 0 Å². The summed E-state index contributed by atoms with van der Waals surface area (Å²) in [6.45, 7) is 4.87. The van der Waals surface area contributed by atoms with Crippen LogP contribution >= 0.6 is 23.2 Å². The van der Waals surface area contributed by atoms with Crippen LogP contribution in [0.25, 0.3) is 0 Å². The summed E-state index contributed by atoms with van der Waals surface area (Å²) in [5.41, 5.74) is 2.58. The molecule has 3 aromatic rings. The van der Waals surface area contributed by atoms with Crippen molar-refractivity contribution in [2.24, 2.45) is 0 Å². The van der Waals surface area contributed by atoms with Crippen molar-refractivity contribution < 1.29 is 18.0 Å². The molecule has 0 spiro atoms. The van der Waals surface area contributed by atoms with Crippen molar-refractivity contribution in [3.63, 3.8) is 0 Å². The van der Waals surface area contributed by atoms with Gasteiger partial charge in [-0.1, -0.05) is 84.9 Å². The van der Waals surface area contributed by atoms with E-state index in [2.05, 4.69) is 5.32 Å². The topological polar surface area (TPSA) is 86.8 Å². The Morgan fingerprint density at radius 2 is 1.57 bits per heavy atom. The number of nitrogens with zero attached hydrogens (tertiary/aromatic N) is 2. The van der Waals surface area contributed by atoms with E-state index >= 15 is 0 Å². The van der Waals surface area contributed by atoms with E-state index in [-0.39, 0.29) is 23.4 Å². The maximum atomic E-state index is 14.2. The minimum Gasteiger partial charge on any atom is -0.352 e. The quantitative estimate of drug-likeness (QED) is 0.261. The van der Waals surface area contributed by atoms with Crippen LogP contribution in [0.2, 0.25) is 10.0 Å². The van der Waals surface area contributed by atoms with E-state index in [1.165, 1.54) is 17.0 Å². The zero-order valence-electron chi connectivity index (χ0n) is 24.1. The molecule has 224 valence electrons. The smallest absolute Gasteiger partial charge is 0.264 e. The molecule has 0 radical (unpaired) electrons. The number of aryl methyl sites for hydroxylation is 2. The molecule has 1 atom stereocenters. The zero-order valence-corrected chi connectivity index (χ0v) is 26.5. The molecule has 0 bridgehead atoms. The van der Waals surface area contributed by atoms with E-state index in [0.29, 0.717) is 27.7 Å². The molecule has 7 nitrogen and oxygen atoms in total. The van der Waals surface area contributed by atoms with Gasteiger partial charge >= 0.3 is 0 Å². The SMILES string of the molecule is CCc1ccccc1N(CC(=O)N(Cc1c(Cl)cccc1Cl)[C@H](C)C(=O)NC1CCCC1)S(=O)(=O)c1ccc(C)cc1. The average molecular weight is 631 g/mol. The molecule has 0 unspecified atom stereocenters. The number of hydrogen-bond acceptors (Lipinski definition) is 4. The van der Waals surface area contributed by atoms with Crippen molar-refractivity contribution in [1.82, 2.24) is 10.2 Å². The van der Waals surface area contributed by atoms with Crippen LogP contribution < -0.4 is 9.62 Å². The second kappa shape index (κ2) is 13.9. The number of anilines is 1. The highest BCUT2D eigenvalue weighted by Gasteiger charge is 2.34. The fourth-order valence-electron chi connectivity index (χ4n) is 5.23. The minimum absolute atomic E-state index is 0.0515. The van der Waals surface area contributed by atoms with E-state index in [0.717, 1.165) is 41.1 Å². The minimum atomic E-state index is -4.15. The Hall–Kier alpha value is -3.07. The van der Waals surface area contributed by atoms with Crippen molar-refractivity contribution in [3.8, 4) is 0 Å². The molecule has 10 heteroatoms. The summed E-state index contributed by atoms with van der Waals surface area (Å²) < 4.78 is 29.3. The highest BCUT2D eigenvalue weighted by Crippen LogP contribution is 2.30. The van der Waals surface area contributed by atoms with Gasteiger partial charge < -0.3 is 10.2 Å². The van der Waals surface area contributed by atoms with E-state index in [1.807, 2.05) is 26.0 Å². The first-order valence-corrected chi connectivity index (χ1v) is 16.4. The predicted octanol–water partition coefficient (Wildman–Crippen LogP) is 6.54. The van der Waals surface area contributed by atoms with Crippen molar-refractivity contribution in [1.29, 1.82) is 0 Å². The van der Waals surface area contributed by atoms with Gasteiger partial charge in [0.2, 0.25) is 11.8 Å². The van der Waals surface area contributed by atoms with Crippen molar-refractivity contribution >= 4 is 50.7 Å². The summed E-state index contributed by atoms with van der Waals surface area (Å²) in [5, 5.41) is 3.77. The summed E-state index contributed by atoms with van der Waals surface area (Å²) in [7, 11) is -4.15. The van der Waals surface area contributed by atoms with Crippen LogP contribution in [-0.4, -0.2) is 43.8 Å². The van der Waals surface area contributed by atoms with Gasteiger partial charge in [0.1, 0.15) is 12.6 Å². The monoisotopic (exact) mass is 629 g/mol. The predicted molar refractivity (Wildman–Crippen MR) is 168 cm³/mol. The van der Waals surface area contributed by atoms with Gasteiger partial charge in [-0.2, -0.15) is 0 Å². The highest BCUT2D eigenvalue weighted by molar-refractivity contribution is 7.92. The van der Waals surface area contributed by atoms with Gasteiger partial charge in [0.05, 0.1) is 10.6 Å². The molecule has 3 aromatic carbocycles. The molecule has 42 heavy (non-hydrogen) atoms. The van der Waals surface area contributed by atoms with Crippen molar-refractivity contribution in [3.05, 3.63) is 93.5 Å². The van der Waals surface area contributed by atoms with Crippen LogP contribution in [0.1, 0.15) is 56.2 Å². The van der Waals surface area contributed by atoms with Gasteiger partial charge in [-0.3, -0.25) is 13.9 Å².